The van der Waals surface area contributed by atoms with Gasteiger partial charge in [0.2, 0.25) is 21.5 Å². The molecule has 27 heavy (non-hydrogen) atoms. The minimum atomic E-state index is -3.55. The van der Waals surface area contributed by atoms with Gasteiger partial charge in [-0.3, -0.25) is 9.52 Å². The van der Waals surface area contributed by atoms with E-state index in [1.165, 1.54) is 6.92 Å². The Labute approximate surface area is 158 Å². The molecule has 0 aliphatic rings. The monoisotopic (exact) mass is 387 g/mol. The van der Waals surface area contributed by atoms with Gasteiger partial charge in [-0.15, -0.1) is 0 Å². The van der Waals surface area contributed by atoms with Crippen molar-refractivity contribution < 1.29 is 22.2 Å². The van der Waals surface area contributed by atoms with E-state index in [1.807, 2.05) is 42.0 Å². The normalized spacial score (nSPS) is 11.6. The Balaban J connectivity index is 1.74. The third kappa shape index (κ3) is 4.74. The van der Waals surface area contributed by atoms with E-state index in [4.69, 9.17) is 4.42 Å². The number of unbranched alkanes of at least 4 members (excludes halogenated alkanes) is 1. The minimum Gasteiger partial charge on any atom is -0.402 e. The highest BCUT2D eigenvalue weighted by molar-refractivity contribution is 7.90. The van der Waals surface area contributed by atoms with Crippen molar-refractivity contribution in [2.75, 3.05) is 5.75 Å². The second kappa shape index (κ2) is 7.92. The fraction of sp³-hybridized carbons (Fsp3) is 0.300. The molecule has 0 radical (unpaired) electrons. The standard InChI is InChI=1S/C20H22N2O4S/c1-15(23)21-27(24,25)13-7-6-12-22-16(2)26-20-11-10-18(14-19(20)22)17-8-4-3-5-9-17/h3-5,8-11,14H,6-7,12-13H2,1-2H3/p+1. The van der Waals surface area contributed by atoms with E-state index < -0.39 is 15.9 Å². The molecule has 0 bridgehead atoms. The lowest BCUT2D eigenvalue weighted by Crippen LogP contribution is -2.36. The van der Waals surface area contributed by atoms with E-state index in [0.29, 0.717) is 19.4 Å². The molecule has 1 heterocycles. The van der Waals surface area contributed by atoms with Gasteiger partial charge in [-0.05, 0) is 23.6 Å². The first-order valence-corrected chi connectivity index (χ1v) is 10.5. The first-order valence-electron chi connectivity index (χ1n) is 8.85. The molecule has 0 unspecified atom stereocenters. The molecule has 1 amide bonds. The molecule has 0 saturated heterocycles. The smallest absolute Gasteiger partial charge is 0.344 e. The van der Waals surface area contributed by atoms with E-state index in [2.05, 4.69) is 22.8 Å². The van der Waals surface area contributed by atoms with E-state index in [-0.39, 0.29) is 5.75 Å². The fourth-order valence-electron chi connectivity index (χ4n) is 3.12. The largest absolute Gasteiger partial charge is 0.402 e. The zero-order valence-corrected chi connectivity index (χ0v) is 16.3. The third-order valence-corrected chi connectivity index (χ3v) is 5.76. The number of fused-ring (bicyclic) bond motifs is 1. The summed E-state index contributed by atoms with van der Waals surface area (Å²) in [4.78, 5) is 10.9. The predicted molar refractivity (Wildman–Crippen MR) is 103 cm³/mol. The van der Waals surface area contributed by atoms with Crippen LogP contribution in [0.2, 0.25) is 0 Å². The van der Waals surface area contributed by atoms with E-state index in [9.17, 15) is 13.2 Å². The van der Waals surface area contributed by atoms with Gasteiger partial charge in [-0.25, -0.2) is 8.42 Å². The molecule has 0 aliphatic heterocycles. The summed E-state index contributed by atoms with van der Waals surface area (Å²) in [5.41, 5.74) is 4.02. The first kappa shape index (κ1) is 19.1. The summed E-state index contributed by atoms with van der Waals surface area (Å²) in [5, 5.41) is 0. The number of nitrogens with zero attached hydrogens (tertiary/aromatic N) is 1. The number of hydrogen-bond acceptors (Lipinski definition) is 4. The molecule has 0 saturated carbocycles. The van der Waals surface area contributed by atoms with Gasteiger partial charge in [-0.1, -0.05) is 36.4 Å². The van der Waals surface area contributed by atoms with Crippen molar-refractivity contribution in [1.82, 2.24) is 4.72 Å². The van der Waals surface area contributed by atoms with Gasteiger partial charge in [-0.2, -0.15) is 4.57 Å². The van der Waals surface area contributed by atoms with Gasteiger partial charge < -0.3 is 4.42 Å². The molecule has 6 nitrogen and oxygen atoms in total. The van der Waals surface area contributed by atoms with Gasteiger partial charge >= 0.3 is 5.89 Å². The lowest BCUT2D eigenvalue weighted by Gasteiger charge is -2.03. The zero-order chi connectivity index (χ0) is 19.4. The van der Waals surface area contributed by atoms with Crippen molar-refractivity contribution >= 4 is 27.0 Å². The number of aryl methyl sites for hydroxylation is 2. The molecular weight excluding hydrogens is 364 g/mol. The van der Waals surface area contributed by atoms with Gasteiger partial charge in [0.15, 0.2) is 6.54 Å². The average Bonchev–Trinajstić information content (AvgIpc) is 2.93. The van der Waals surface area contributed by atoms with Crippen LogP contribution in [0.25, 0.3) is 22.2 Å². The van der Waals surface area contributed by atoms with Crippen LogP contribution in [0.4, 0.5) is 0 Å². The Morgan fingerprint density at radius 3 is 2.52 bits per heavy atom. The number of rotatable bonds is 7. The number of carbonyl (C=O) groups is 1. The number of nitrogens with one attached hydrogen (secondary N) is 1. The summed E-state index contributed by atoms with van der Waals surface area (Å²) >= 11 is 0. The summed E-state index contributed by atoms with van der Waals surface area (Å²) in [7, 11) is -3.55. The van der Waals surface area contributed by atoms with Gasteiger partial charge in [0.05, 0.1) is 12.7 Å². The van der Waals surface area contributed by atoms with Crippen molar-refractivity contribution in [1.29, 1.82) is 0 Å². The molecule has 2 aromatic carbocycles. The minimum absolute atomic E-state index is 0.0722. The van der Waals surface area contributed by atoms with Crippen LogP contribution in [0.3, 0.4) is 0 Å². The van der Waals surface area contributed by atoms with Crippen LogP contribution in [0, 0.1) is 6.92 Å². The molecule has 142 valence electrons. The van der Waals surface area contributed by atoms with Crippen LogP contribution in [-0.4, -0.2) is 20.1 Å². The maximum atomic E-state index is 11.7. The Bertz CT molecular complexity index is 1060. The SMILES string of the molecule is CC(=O)NS(=O)(=O)CCCC[n+]1c(C)oc2ccc(-c3ccccc3)cc21. The second-order valence-electron chi connectivity index (χ2n) is 6.51. The van der Waals surface area contributed by atoms with Crippen LogP contribution in [0.15, 0.2) is 52.9 Å². The molecule has 0 atom stereocenters. The van der Waals surface area contributed by atoms with Crippen molar-refractivity contribution in [2.24, 2.45) is 0 Å². The lowest BCUT2D eigenvalue weighted by atomic mass is 10.1. The van der Waals surface area contributed by atoms with Crippen LogP contribution >= 0.6 is 0 Å². The maximum Gasteiger partial charge on any atom is 0.344 e. The molecule has 1 aromatic heterocycles. The Morgan fingerprint density at radius 2 is 1.81 bits per heavy atom. The molecule has 7 heteroatoms. The number of amides is 1. The van der Waals surface area contributed by atoms with E-state index in [1.54, 1.807) is 0 Å². The summed E-state index contributed by atoms with van der Waals surface area (Å²) < 4.78 is 33.3. The Kier molecular flexibility index (Phi) is 5.60. The highest BCUT2D eigenvalue weighted by Gasteiger charge is 2.20. The molecule has 0 fully saturated rings. The second-order valence-corrected chi connectivity index (χ2v) is 8.35. The van der Waals surface area contributed by atoms with Crippen molar-refractivity contribution in [3.05, 3.63) is 54.4 Å². The Hall–Kier alpha value is -2.67. The third-order valence-electron chi connectivity index (χ3n) is 4.34. The fourth-order valence-corrected chi connectivity index (χ4v) is 4.24. The van der Waals surface area contributed by atoms with Gasteiger partial charge in [0.25, 0.3) is 5.52 Å². The summed E-state index contributed by atoms with van der Waals surface area (Å²) in [6.07, 6.45) is 1.12. The quantitative estimate of drug-likeness (QED) is 0.499. The van der Waals surface area contributed by atoms with Crippen LogP contribution in [0.1, 0.15) is 25.7 Å². The number of hydrogen-bond donors (Lipinski definition) is 1. The predicted octanol–water partition coefficient (Wildman–Crippen LogP) is 2.94. The molecular formula is C20H23N2O4S+. The number of sulfonamides is 1. The molecule has 3 rings (SSSR count). The lowest BCUT2D eigenvalue weighted by molar-refractivity contribution is -0.683. The highest BCUT2D eigenvalue weighted by Crippen LogP contribution is 2.24. The van der Waals surface area contributed by atoms with Crippen LogP contribution in [0.5, 0.6) is 0 Å². The number of benzene rings is 2. The molecule has 0 aliphatic carbocycles. The Morgan fingerprint density at radius 1 is 1.07 bits per heavy atom. The summed E-state index contributed by atoms with van der Waals surface area (Å²) in [6, 6.07) is 16.2. The van der Waals surface area contributed by atoms with Crippen molar-refractivity contribution in [3.8, 4) is 11.1 Å². The van der Waals surface area contributed by atoms with Crippen molar-refractivity contribution in [2.45, 2.75) is 33.2 Å². The molecule has 3 aromatic rings. The summed E-state index contributed by atoms with van der Waals surface area (Å²) in [5.74, 6) is 0.145. The molecule has 0 spiro atoms. The van der Waals surface area contributed by atoms with Crippen LogP contribution in [-0.2, 0) is 21.4 Å². The summed E-state index contributed by atoms with van der Waals surface area (Å²) in [6.45, 7) is 3.74. The number of oxazole rings is 1. The number of carbonyl (C=O) groups excluding carboxylic acids is 1. The van der Waals surface area contributed by atoms with Crippen LogP contribution < -0.4 is 9.29 Å². The number of aromatic nitrogens is 1. The van der Waals surface area contributed by atoms with Gasteiger partial charge in [0, 0.05) is 19.4 Å². The molecule has 1 N–H and O–H groups in total. The topological polar surface area (TPSA) is 80.3 Å². The average molecular weight is 387 g/mol. The van der Waals surface area contributed by atoms with Crippen molar-refractivity contribution in [3.63, 3.8) is 0 Å². The maximum absolute atomic E-state index is 11.7. The van der Waals surface area contributed by atoms with Gasteiger partial charge in [0.1, 0.15) is 0 Å². The zero-order valence-electron chi connectivity index (χ0n) is 15.4. The van der Waals surface area contributed by atoms with E-state index >= 15 is 0 Å². The van der Waals surface area contributed by atoms with E-state index in [0.717, 1.165) is 28.1 Å². The highest BCUT2D eigenvalue weighted by atomic mass is 32.2. The first-order chi connectivity index (χ1) is 12.9.